The summed E-state index contributed by atoms with van der Waals surface area (Å²) >= 11 is 6.61. The van der Waals surface area contributed by atoms with Gasteiger partial charge < -0.3 is 14.8 Å². The smallest absolute Gasteiger partial charge is 0.337 e. The summed E-state index contributed by atoms with van der Waals surface area (Å²) in [7, 11) is 0. The van der Waals surface area contributed by atoms with E-state index in [9.17, 15) is 24.3 Å². The van der Waals surface area contributed by atoms with Crippen LogP contribution in [-0.2, 0) is 9.59 Å². The standard InChI is InChI=1S/C25H19ClN2O6S/c1-13-3-5-16(9-14(13)2)27-22(29)12-28-23(30)21(35-25(28)33)11-17-6-8-20(34-17)15-4-7-19(26)18(10-15)24(31)32/h3-11H,12H2,1-2H3,(H,27,29)(H,31,32)/b21-11+. The predicted octanol–water partition coefficient (Wildman–Crippen LogP) is 5.59. The highest BCUT2D eigenvalue weighted by Crippen LogP contribution is 2.34. The minimum absolute atomic E-state index is 0.0673. The highest BCUT2D eigenvalue weighted by atomic mass is 35.5. The number of nitrogens with zero attached hydrogens (tertiary/aromatic N) is 1. The summed E-state index contributed by atoms with van der Waals surface area (Å²) < 4.78 is 5.72. The second-order valence-corrected chi connectivity index (χ2v) is 9.22. The zero-order chi connectivity index (χ0) is 25.3. The Balaban J connectivity index is 1.47. The van der Waals surface area contributed by atoms with Crippen LogP contribution in [0.1, 0.15) is 27.2 Å². The Morgan fingerprint density at radius 1 is 1.09 bits per heavy atom. The van der Waals surface area contributed by atoms with E-state index in [2.05, 4.69) is 5.32 Å². The third-order valence-electron chi connectivity index (χ3n) is 5.35. The average Bonchev–Trinajstić information content (AvgIpc) is 3.37. The lowest BCUT2D eigenvalue weighted by atomic mass is 10.1. The van der Waals surface area contributed by atoms with E-state index in [4.69, 9.17) is 16.0 Å². The first-order valence-corrected chi connectivity index (χ1v) is 11.6. The first-order valence-electron chi connectivity index (χ1n) is 10.4. The monoisotopic (exact) mass is 510 g/mol. The number of carbonyl (C=O) groups is 4. The third kappa shape index (κ3) is 5.31. The maximum Gasteiger partial charge on any atom is 0.337 e. The topological polar surface area (TPSA) is 117 Å². The molecule has 4 rings (SSSR count). The van der Waals surface area contributed by atoms with E-state index in [0.717, 1.165) is 16.0 Å². The number of aromatic carboxylic acids is 1. The first kappa shape index (κ1) is 24.3. The van der Waals surface area contributed by atoms with Crippen molar-refractivity contribution in [1.29, 1.82) is 0 Å². The molecule has 1 aliphatic heterocycles. The number of benzene rings is 2. The van der Waals surface area contributed by atoms with Crippen molar-refractivity contribution >= 4 is 58.1 Å². The van der Waals surface area contributed by atoms with Gasteiger partial charge >= 0.3 is 5.97 Å². The summed E-state index contributed by atoms with van der Waals surface area (Å²) in [6.45, 7) is 3.46. The van der Waals surface area contributed by atoms with Crippen LogP contribution in [0.2, 0.25) is 5.02 Å². The van der Waals surface area contributed by atoms with Crippen LogP contribution in [0.5, 0.6) is 0 Å². The molecule has 1 fully saturated rings. The molecule has 0 unspecified atom stereocenters. The summed E-state index contributed by atoms with van der Waals surface area (Å²) in [6.07, 6.45) is 1.41. The fourth-order valence-corrected chi connectivity index (χ4v) is 4.37. The number of thioether (sulfide) groups is 1. The van der Waals surface area contributed by atoms with Gasteiger partial charge in [0.1, 0.15) is 18.1 Å². The fraction of sp³-hybridized carbons (Fsp3) is 0.120. The largest absolute Gasteiger partial charge is 0.478 e. The molecule has 0 atom stereocenters. The number of amides is 3. The maximum atomic E-state index is 12.8. The molecule has 0 aliphatic carbocycles. The Kier molecular flexibility index (Phi) is 6.81. The Morgan fingerprint density at radius 3 is 2.57 bits per heavy atom. The molecule has 178 valence electrons. The molecule has 3 amide bonds. The second-order valence-electron chi connectivity index (χ2n) is 7.82. The van der Waals surface area contributed by atoms with Crippen LogP contribution in [0.15, 0.2) is 57.9 Å². The van der Waals surface area contributed by atoms with Gasteiger partial charge in [-0.15, -0.1) is 0 Å². The number of carbonyl (C=O) groups excluding carboxylic acids is 3. The molecule has 10 heteroatoms. The van der Waals surface area contributed by atoms with Gasteiger partial charge in [-0.3, -0.25) is 19.3 Å². The summed E-state index contributed by atoms with van der Waals surface area (Å²) in [6, 6.07) is 13.1. The van der Waals surface area contributed by atoms with Crippen LogP contribution in [0, 0.1) is 13.8 Å². The van der Waals surface area contributed by atoms with E-state index in [0.29, 0.717) is 28.8 Å². The molecule has 1 aromatic heterocycles. The highest BCUT2D eigenvalue weighted by Gasteiger charge is 2.36. The summed E-state index contributed by atoms with van der Waals surface area (Å²) in [5.74, 6) is -1.61. The number of carboxylic acid groups (broad SMARTS) is 1. The van der Waals surface area contributed by atoms with Gasteiger partial charge in [-0.1, -0.05) is 17.7 Å². The molecular weight excluding hydrogens is 492 g/mol. The van der Waals surface area contributed by atoms with Crippen molar-refractivity contribution in [3.63, 3.8) is 0 Å². The van der Waals surface area contributed by atoms with E-state index in [1.165, 1.54) is 18.2 Å². The number of anilines is 1. The number of furan rings is 1. The number of hydrogen-bond donors (Lipinski definition) is 2. The van der Waals surface area contributed by atoms with E-state index in [1.807, 2.05) is 26.0 Å². The van der Waals surface area contributed by atoms with Gasteiger partial charge in [-0.25, -0.2) is 4.79 Å². The van der Waals surface area contributed by atoms with E-state index in [-0.39, 0.29) is 21.3 Å². The minimum Gasteiger partial charge on any atom is -0.478 e. The molecular formula is C25H19ClN2O6S. The van der Waals surface area contributed by atoms with Crippen molar-refractivity contribution in [1.82, 2.24) is 4.90 Å². The lowest BCUT2D eigenvalue weighted by Gasteiger charge is -2.13. The number of halogens is 1. The van der Waals surface area contributed by atoms with E-state index >= 15 is 0 Å². The normalized spacial score (nSPS) is 14.6. The number of carboxylic acids is 1. The number of hydrogen-bond acceptors (Lipinski definition) is 6. The number of rotatable bonds is 6. The van der Waals surface area contributed by atoms with Crippen molar-refractivity contribution in [2.24, 2.45) is 0 Å². The van der Waals surface area contributed by atoms with Crippen molar-refractivity contribution in [2.45, 2.75) is 13.8 Å². The molecule has 0 radical (unpaired) electrons. The molecule has 35 heavy (non-hydrogen) atoms. The van der Waals surface area contributed by atoms with Gasteiger partial charge in [0.25, 0.3) is 11.1 Å². The van der Waals surface area contributed by atoms with Crippen LogP contribution in [-0.4, -0.2) is 39.6 Å². The Hall–Kier alpha value is -3.82. The van der Waals surface area contributed by atoms with Crippen molar-refractivity contribution in [2.75, 3.05) is 11.9 Å². The molecule has 2 heterocycles. The SMILES string of the molecule is Cc1ccc(NC(=O)CN2C(=O)S/C(=C/c3ccc(-c4ccc(Cl)c(C(=O)O)c4)o3)C2=O)cc1C. The lowest BCUT2D eigenvalue weighted by Crippen LogP contribution is -2.36. The zero-order valence-electron chi connectivity index (χ0n) is 18.6. The molecule has 0 spiro atoms. The van der Waals surface area contributed by atoms with Crippen LogP contribution in [0.25, 0.3) is 17.4 Å². The average molecular weight is 511 g/mol. The van der Waals surface area contributed by atoms with Crippen molar-refractivity contribution in [3.8, 4) is 11.3 Å². The van der Waals surface area contributed by atoms with Crippen LogP contribution in [0.3, 0.4) is 0 Å². The van der Waals surface area contributed by atoms with Crippen molar-refractivity contribution in [3.05, 3.63) is 80.9 Å². The van der Waals surface area contributed by atoms with Gasteiger partial charge in [-0.2, -0.15) is 0 Å². The van der Waals surface area contributed by atoms with Gasteiger partial charge in [-0.05, 0) is 79.2 Å². The second kappa shape index (κ2) is 9.81. The number of imide groups is 1. The molecule has 2 aromatic carbocycles. The highest BCUT2D eigenvalue weighted by molar-refractivity contribution is 8.18. The van der Waals surface area contributed by atoms with Gasteiger partial charge in [0.05, 0.1) is 15.5 Å². The molecule has 1 aliphatic rings. The molecule has 1 saturated heterocycles. The first-order chi connectivity index (χ1) is 16.6. The van der Waals surface area contributed by atoms with Gasteiger partial charge in [0, 0.05) is 17.3 Å². The Labute approximate surface area is 209 Å². The number of aryl methyl sites for hydroxylation is 2. The fourth-order valence-electron chi connectivity index (χ4n) is 3.36. The van der Waals surface area contributed by atoms with Gasteiger partial charge in [0.2, 0.25) is 5.91 Å². The van der Waals surface area contributed by atoms with Crippen molar-refractivity contribution < 1.29 is 28.7 Å². The molecule has 0 bridgehead atoms. The lowest BCUT2D eigenvalue weighted by molar-refractivity contribution is -0.127. The Bertz CT molecular complexity index is 1410. The predicted molar refractivity (Wildman–Crippen MR) is 133 cm³/mol. The number of nitrogens with one attached hydrogen (secondary N) is 1. The van der Waals surface area contributed by atoms with Crippen LogP contribution in [0.4, 0.5) is 10.5 Å². The van der Waals surface area contributed by atoms with Crippen LogP contribution < -0.4 is 5.32 Å². The molecule has 8 nitrogen and oxygen atoms in total. The quantitative estimate of drug-likeness (QED) is 0.415. The van der Waals surface area contributed by atoms with Gasteiger partial charge in [0.15, 0.2) is 0 Å². The maximum absolute atomic E-state index is 12.8. The van der Waals surface area contributed by atoms with E-state index < -0.39 is 29.6 Å². The zero-order valence-corrected chi connectivity index (χ0v) is 20.2. The minimum atomic E-state index is -1.17. The Morgan fingerprint density at radius 2 is 1.86 bits per heavy atom. The molecule has 0 saturated carbocycles. The summed E-state index contributed by atoms with van der Waals surface area (Å²) in [5, 5.41) is 11.5. The summed E-state index contributed by atoms with van der Waals surface area (Å²) in [5.41, 5.74) is 3.09. The molecule has 3 aromatic rings. The van der Waals surface area contributed by atoms with Crippen LogP contribution >= 0.6 is 23.4 Å². The van der Waals surface area contributed by atoms with E-state index in [1.54, 1.807) is 24.3 Å². The molecule has 2 N–H and O–H groups in total. The summed E-state index contributed by atoms with van der Waals surface area (Å²) in [4.78, 5) is 49.9. The third-order valence-corrected chi connectivity index (χ3v) is 6.58.